The van der Waals surface area contributed by atoms with E-state index in [1.807, 2.05) is 6.92 Å². The van der Waals surface area contributed by atoms with Crippen molar-refractivity contribution in [3.8, 4) is 5.75 Å². The lowest BCUT2D eigenvalue weighted by molar-refractivity contribution is 0.0932. The topological polar surface area (TPSA) is 73.2 Å². The van der Waals surface area contributed by atoms with Crippen LogP contribution in [0.25, 0.3) is 0 Å². The van der Waals surface area contributed by atoms with Crippen molar-refractivity contribution >= 4 is 5.91 Å². The van der Waals surface area contributed by atoms with Crippen molar-refractivity contribution in [3.63, 3.8) is 0 Å². The van der Waals surface area contributed by atoms with Crippen LogP contribution in [0.5, 0.6) is 5.75 Å². The normalized spacial score (nSPS) is 11.8. The number of hydrogen-bond donors (Lipinski definition) is 1. The highest BCUT2D eigenvalue weighted by Crippen LogP contribution is 2.21. The number of halogens is 1. The first-order valence-corrected chi connectivity index (χ1v) is 7.68. The molecule has 0 saturated heterocycles. The summed E-state index contributed by atoms with van der Waals surface area (Å²) < 4.78 is 19.9. The van der Waals surface area contributed by atoms with E-state index in [9.17, 15) is 14.0 Å². The summed E-state index contributed by atoms with van der Waals surface area (Å²) in [6.45, 7) is 4.10. The van der Waals surface area contributed by atoms with Gasteiger partial charge in [0.05, 0.1) is 13.2 Å². The Morgan fingerprint density at radius 1 is 1.38 bits per heavy atom. The summed E-state index contributed by atoms with van der Waals surface area (Å²) in [6.07, 6.45) is 0.736. The first kappa shape index (κ1) is 17.7. The van der Waals surface area contributed by atoms with Gasteiger partial charge in [-0.1, -0.05) is 13.0 Å². The van der Waals surface area contributed by atoms with E-state index in [1.165, 1.54) is 36.1 Å². The number of nitrogens with one attached hydrogen (secondary N) is 1. The molecule has 24 heavy (non-hydrogen) atoms. The molecule has 6 nitrogen and oxygen atoms in total. The summed E-state index contributed by atoms with van der Waals surface area (Å²) in [6, 6.07) is 6.77. The molecule has 0 fully saturated rings. The van der Waals surface area contributed by atoms with Gasteiger partial charge in [0.25, 0.3) is 11.5 Å². The Bertz CT molecular complexity index is 789. The zero-order valence-corrected chi connectivity index (χ0v) is 13.9. The van der Waals surface area contributed by atoms with Gasteiger partial charge in [-0.3, -0.25) is 9.59 Å². The van der Waals surface area contributed by atoms with Crippen molar-refractivity contribution in [1.29, 1.82) is 0 Å². The number of methoxy groups -OCH3 is 1. The molecule has 0 saturated carbocycles. The second kappa shape index (κ2) is 7.72. The molecule has 1 N–H and O–H groups in total. The third-order valence-electron chi connectivity index (χ3n) is 3.56. The van der Waals surface area contributed by atoms with Gasteiger partial charge in [0.1, 0.15) is 5.69 Å². The third-order valence-corrected chi connectivity index (χ3v) is 3.56. The average molecular weight is 333 g/mol. The van der Waals surface area contributed by atoms with Crippen molar-refractivity contribution in [2.24, 2.45) is 0 Å². The monoisotopic (exact) mass is 333 g/mol. The van der Waals surface area contributed by atoms with Crippen molar-refractivity contribution in [3.05, 3.63) is 57.8 Å². The number of amides is 1. The third kappa shape index (κ3) is 3.98. The number of rotatable bonds is 6. The molecule has 0 aliphatic rings. The minimum Gasteiger partial charge on any atom is -0.494 e. The molecular weight excluding hydrogens is 313 g/mol. The van der Waals surface area contributed by atoms with Crippen LogP contribution in [-0.2, 0) is 6.54 Å². The quantitative estimate of drug-likeness (QED) is 0.880. The highest BCUT2D eigenvalue weighted by Gasteiger charge is 2.15. The number of aromatic nitrogens is 2. The standard InChI is InChI=1S/C17H20FN3O3/c1-4-9-21-16(22)8-6-14(20-21)17(23)19-11(2)12-5-7-15(24-3)13(18)10-12/h5-8,10-11H,4,9H2,1-3H3,(H,19,23)/t11-/m1/s1. The maximum Gasteiger partial charge on any atom is 0.272 e. The molecule has 2 rings (SSSR count). The average Bonchev–Trinajstić information content (AvgIpc) is 2.56. The van der Waals surface area contributed by atoms with Crippen molar-refractivity contribution in [2.45, 2.75) is 32.9 Å². The minimum atomic E-state index is -0.495. The molecule has 1 amide bonds. The summed E-state index contributed by atoms with van der Waals surface area (Å²) in [5.74, 6) is -0.778. The van der Waals surface area contributed by atoms with Crippen LogP contribution in [0.1, 0.15) is 42.4 Å². The smallest absolute Gasteiger partial charge is 0.272 e. The Morgan fingerprint density at radius 3 is 2.75 bits per heavy atom. The van der Waals surface area contributed by atoms with E-state index in [2.05, 4.69) is 10.4 Å². The fourth-order valence-electron chi connectivity index (χ4n) is 2.25. The summed E-state index contributed by atoms with van der Waals surface area (Å²) in [5, 5.41) is 6.79. The second-order valence-electron chi connectivity index (χ2n) is 5.37. The van der Waals surface area contributed by atoms with Gasteiger partial charge in [-0.25, -0.2) is 9.07 Å². The number of benzene rings is 1. The van der Waals surface area contributed by atoms with Crippen LogP contribution in [0.4, 0.5) is 4.39 Å². The van der Waals surface area contributed by atoms with Gasteiger partial charge in [-0.15, -0.1) is 0 Å². The number of nitrogens with zero attached hydrogens (tertiary/aromatic N) is 2. The Kier molecular flexibility index (Phi) is 5.68. The number of aryl methyl sites for hydroxylation is 1. The molecule has 7 heteroatoms. The number of carbonyl (C=O) groups is 1. The lowest BCUT2D eigenvalue weighted by Gasteiger charge is -2.15. The fraction of sp³-hybridized carbons (Fsp3) is 0.353. The van der Waals surface area contributed by atoms with Gasteiger partial charge in [0.15, 0.2) is 11.6 Å². The lowest BCUT2D eigenvalue weighted by Crippen LogP contribution is -2.31. The SMILES string of the molecule is CCCn1nc(C(=O)N[C@H](C)c2ccc(OC)c(F)c2)ccc1=O. The van der Waals surface area contributed by atoms with Gasteiger partial charge >= 0.3 is 0 Å². The summed E-state index contributed by atoms with van der Waals surface area (Å²) in [5.41, 5.74) is 0.492. The lowest BCUT2D eigenvalue weighted by atomic mass is 10.1. The molecule has 0 aliphatic heterocycles. The van der Waals surface area contributed by atoms with E-state index in [4.69, 9.17) is 4.74 Å². The highest BCUT2D eigenvalue weighted by atomic mass is 19.1. The molecule has 1 aromatic heterocycles. The van der Waals surface area contributed by atoms with E-state index in [0.29, 0.717) is 12.1 Å². The number of ether oxygens (including phenoxy) is 1. The largest absolute Gasteiger partial charge is 0.494 e. The molecule has 0 spiro atoms. The van der Waals surface area contributed by atoms with Crippen LogP contribution in [0, 0.1) is 5.82 Å². The minimum absolute atomic E-state index is 0.142. The maximum atomic E-state index is 13.8. The highest BCUT2D eigenvalue weighted by molar-refractivity contribution is 5.92. The van der Waals surface area contributed by atoms with Crippen LogP contribution in [0.3, 0.4) is 0 Å². The van der Waals surface area contributed by atoms with E-state index >= 15 is 0 Å². The maximum absolute atomic E-state index is 13.8. The Labute approximate surface area is 139 Å². The van der Waals surface area contributed by atoms with Gasteiger partial charge in [0.2, 0.25) is 0 Å². The predicted molar refractivity (Wildman–Crippen MR) is 87.6 cm³/mol. The van der Waals surface area contributed by atoms with Crippen LogP contribution in [-0.4, -0.2) is 22.8 Å². The van der Waals surface area contributed by atoms with Crippen LogP contribution >= 0.6 is 0 Å². The van der Waals surface area contributed by atoms with Crippen molar-refractivity contribution in [2.75, 3.05) is 7.11 Å². The van der Waals surface area contributed by atoms with Gasteiger partial charge in [0, 0.05) is 12.6 Å². The summed E-state index contributed by atoms with van der Waals surface area (Å²) >= 11 is 0. The first-order chi connectivity index (χ1) is 11.5. The van der Waals surface area contributed by atoms with Gasteiger partial charge < -0.3 is 10.1 Å². The Morgan fingerprint density at radius 2 is 2.12 bits per heavy atom. The molecule has 1 heterocycles. The van der Waals surface area contributed by atoms with Crippen LogP contribution < -0.4 is 15.6 Å². The van der Waals surface area contributed by atoms with E-state index < -0.39 is 17.8 Å². The summed E-state index contributed by atoms with van der Waals surface area (Å²) in [4.78, 5) is 23.9. The molecule has 0 radical (unpaired) electrons. The van der Waals surface area contributed by atoms with Gasteiger partial charge in [-0.05, 0) is 37.1 Å². The molecule has 1 atom stereocenters. The predicted octanol–water partition coefficient (Wildman–Crippen LogP) is 2.29. The molecule has 128 valence electrons. The molecule has 0 bridgehead atoms. The molecule has 2 aromatic rings. The van der Waals surface area contributed by atoms with Gasteiger partial charge in [-0.2, -0.15) is 5.10 Å². The van der Waals surface area contributed by atoms with E-state index in [-0.39, 0.29) is 17.0 Å². The molecular formula is C17H20FN3O3. The first-order valence-electron chi connectivity index (χ1n) is 7.68. The molecule has 0 unspecified atom stereocenters. The Hall–Kier alpha value is -2.70. The zero-order chi connectivity index (χ0) is 17.7. The Balaban J connectivity index is 2.15. The zero-order valence-electron chi connectivity index (χ0n) is 13.9. The van der Waals surface area contributed by atoms with Crippen LogP contribution in [0.2, 0.25) is 0 Å². The van der Waals surface area contributed by atoms with Crippen LogP contribution in [0.15, 0.2) is 35.1 Å². The number of carbonyl (C=O) groups excluding carboxylic acids is 1. The second-order valence-corrected chi connectivity index (χ2v) is 5.37. The van der Waals surface area contributed by atoms with E-state index in [0.717, 1.165) is 6.42 Å². The molecule has 1 aromatic carbocycles. The van der Waals surface area contributed by atoms with Crippen molar-refractivity contribution in [1.82, 2.24) is 15.1 Å². The van der Waals surface area contributed by atoms with E-state index in [1.54, 1.807) is 13.0 Å². The fourth-order valence-corrected chi connectivity index (χ4v) is 2.25. The number of hydrogen-bond acceptors (Lipinski definition) is 4. The van der Waals surface area contributed by atoms with Crippen molar-refractivity contribution < 1.29 is 13.9 Å². The summed E-state index contributed by atoms with van der Waals surface area (Å²) in [7, 11) is 1.39. The molecule has 0 aliphatic carbocycles.